The van der Waals surface area contributed by atoms with Gasteiger partial charge in [0.1, 0.15) is 24.4 Å². The summed E-state index contributed by atoms with van der Waals surface area (Å²) in [6, 6.07) is -1.03. The molecule has 1 amide bonds. The van der Waals surface area contributed by atoms with E-state index in [2.05, 4.69) is 74.7 Å². The van der Waals surface area contributed by atoms with Gasteiger partial charge in [-0.15, -0.1) is 0 Å². The van der Waals surface area contributed by atoms with Crippen molar-refractivity contribution in [1.29, 1.82) is 0 Å². The average Bonchev–Trinajstić information content (AvgIpc) is 3.41. The van der Waals surface area contributed by atoms with E-state index >= 15 is 0 Å². The fourth-order valence-corrected chi connectivity index (χ4v) is 9.27. The highest BCUT2D eigenvalue weighted by molar-refractivity contribution is 5.80. The first kappa shape index (κ1) is 70.1. The molecule has 1 rings (SSSR count). The molecule has 0 radical (unpaired) electrons. The summed E-state index contributed by atoms with van der Waals surface area (Å²) < 4.78 is 17.6. The molecular weight excluding hydrogens is 943 g/mol. The van der Waals surface area contributed by atoms with Gasteiger partial charge in [0.2, 0.25) is 5.91 Å². The van der Waals surface area contributed by atoms with Crippen LogP contribution in [0.15, 0.2) is 72.9 Å². The molecule has 1 saturated heterocycles. The van der Waals surface area contributed by atoms with Crippen molar-refractivity contribution in [3.05, 3.63) is 72.9 Å². The number of rotatable bonds is 51. The van der Waals surface area contributed by atoms with E-state index in [1.165, 1.54) is 109 Å². The molecular formula is C64H113NO10. The molecule has 11 heteroatoms. The van der Waals surface area contributed by atoms with Gasteiger partial charge in [0, 0.05) is 6.42 Å². The largest absolute Gasteiger partial charge is 0.454 e. The highest BCUT2D eigenvalue weighted by atomic mass is 16.7. The fourth-order valence-electron chi connectivity index (χ4n) is 9.27. The van der Waals surface area contributed by atoms with Gasteiger partial charge in [-0.25, -0.2) is 0 Å². The minimum Gasteiger partial charge on any atom is -0.454 e. The van der Waals surface area contributed by atoms with E-state index in [0.717, 1.165) is 103 Å². The van der Waals surface area contributed by atoms with Crippen LogP contribution in [0.4, 0.5) is 0 Å². The number of amides is 1. The molecule has 11 nitrogen and oxygen atoms in total. The molecule has 8 atom stereocenters. The van der Waals surface area contributed by atoms with Gasteiger partial charge in [0.25, 0.3) is 0 Å². The third kappa shape index (κ3) is 40.0. The lowest BCUT2D eigenvalue weighted by Crippen LogP contribution is -2.61. The maximum Gasteiger partial charge on any atom is 0.306 e. The number of unbranched alkanes of at least 4 members (excludes halogenated alkanes) is 29. The third-order valence-corrected chi connectivity index (χ3v) is 14.2. The van der Waals surface area contributed by atoms with Gasteiger partial charge in [0.15, 0.2) is 12.4 Å². The number of aliphatic hydroxyl groups excluding tert-OH is 5. The molecule has 6 N–H and O–H groups in total. The second kappa shape index (κ2) is 51.8. The fraction of sp³-hybridized carbons (Fsp3) is 0.781. The van der Waals surface area contributed by atoms with Crippen LogP contribution in [0.5, 0.6) is 0 Å². The predicted molar refractivity (Wildman–Crippen MR) is 310 cm³/mol. The van der Waals surface area contributed by atoms with E-state index < -0.39 is 67.4 Å². The Hall–Kier alpha value is -2.90. The van der Waals surface area contributed by atoms with Crippen LogP contribution in [0, 0.1) is 0 Å². The second-order valence-corrected chi connectivity index (χ2v) is 21.1. The number of ether oxygens (including phenoxy) is 3. The summed E-state index contributed by atoms with van der Waals surface area (Å²) in [6.07, 6.45) is 55.0. The Bertz CT molecular complexity index is 1490. The molecule has 75 heavy (non-hydrogen) atoms. The number of aliphatic hydroxyl groups is 5. The van der Waals surface area contributed by atoms with E-state index in [0.29, 0.717) is 12.8 Å². The van der Waals surface area contributed by atoms with Gasteiger partial charge < -0.3 is 45.1 Å². The lowest BCUT2D eigenvalue weighted by atomic mass is 9.99. The first-order valence-corrected chi connectivity index (χ1v) is 30.7. The lowest BCUT2D eigenvalue weighted by molar-refractivity contribution is -0.305. The summed E-state index contributed by atoms with van der Waals surface area (Å²) in [6.45, 7) is 5.63. The first-order chi connectivity index (χ1) is 36.7. The maximum atomic E-state index is 13.4. The van der Waals surface area contributed by atoms with Crippen molar-refractivity contribution in [2.75, 3.05) is 13.2 Å². The first-order valence-electron chi connectivity index (χ1n) is 30.7. The van der Waals surface area contributed by atoms with Gasteiger partial charge in [-0.2, -0.15) is 0 Å². The van der Waals surface area contributed by atoms with Crippen molar-refractivity contribution >= 4 is 11.9 Å². The Morgan fingerprint density at radius 2 is 1.01 bits per heavy atom. The number of esters is 1. The van der Waals surface area contributed by atoms with Gasteiger partial charge in [-0.05, 0) is 77.0 Å². The number of nitrogens with one attached hydrogen (secondary N) is 1. The monoisotopic (exact) mass is 1060 g/mol. The standard InChI is InChI=1S/C64H113NO10/c1-4-7-10-13-16-19-22-25-27-28-29-30-31-34-37-40-43-46-49-52-59(69)75-62-61(71)60(70)58(53-66)74-64(62)73-54-55(56(67)50-47-44-41-38-35-32-24-21-18-15-12-9-6-3)65-63(72)57(68)51-48-45-42-39-36-33-26-23-20-17-14-11-8-5-2/h8,11,14,16-17,19-20,23,25,27,47,50,55-58,60-62,64,66-68,70-71H,4-7,9-10,12-13,15,18,21-22,24,26,28-46,48-49,51-54H2,1-3H3,(H,65,72)/b11-8+,17-14+,19-16-,23-20+,27-25-,50-47+. The van der Waals surface area contributed by atoms with Gasteiger partial charge in [-0.3, -0.25) is 9.59 Å². The van der Waals surface area contributed by atoms with Gasteiger partial charge >= 0.3 is 5.97 Å². The highest BCUT2D eigenvalue weighted by Crippen LogP contribution is 2.26. The number of hydrogen-bond donors (Lipinski definition) is 6. The van der Waals surface area contributed by atoms with Crippen molar-refractivity contribution < 1.29 is 49.3 Å². The highest BCUT2D eigenvalue weighted by Gasteiger charge is 2.47. The number of allylic oxidation sites excluding steroid dienone is 11. The minimum atomic E-state index is -1.62. The van der Waals surface area contributed by atoms with Crippen molar-refractivity contribution in [1.82, 2.24) is 5.32 Å². The molecule has 0 bridgehead atoms. The van der Waals surface area contributed by atoms with Crippen molar-refractivity contribution in [2.45, 2.75) is 307 Å². The molecule has 1 aliphatic rings. The Labute approximate surface area is 458 Å². The Morgan fingerprint density at radius 1 is 0.547 bits per heavy atom. The van der Waals surface area contributed by atoms with Crippen LogP contribution in [0.25, 0.3) is 0 Å². The van der Waals surface area contributed by atoms with Gasteiger partial charge in [0.05, 0.1) is 25.4 Å². The zero-order valence-electron chi connectivity index (χ0n) is 47.9. The van der Waals surface area contributed by atoms with Crippen molar-refractivity contribution in [3.8, 4) is 0 Å². The average molecular weight is 1060 g/mol. The SMILES string of the molecule is CC/C=C/C=C/C=C/CCCCCCCCC(O)C(=O)NC(COC1OC(CO)C(O)C(O)C1OC(=O)CCCCCCCCCCC/C=C\C/C=C\CCCCC)C(O)/C=C/CCCCCCCCCCCCC. The van der Waals surface area contributed by atoms with Gasteiger partial charge in [-0.1, -0.05) is 248 Å². The summed E-state index contributed by atoms with van der Waals surface area (Å²) in [5.74, 6) is -1.21. The lowest BCUT2D eigenvalue weighted by Gasteiger charge is -2.41. The van der Waals surface area contributed by atoms with Crippen LogP contribution < -0.4 is 5.32 Å². The normalized spacial score (nSPS) is 19.7. The van der Waals surface area contributed by atoms with Crippen LogP contribution >= 0.6 is 0 Å². The van der Waals surface area contributed by atoms with Crippen molar-refractivity contribution in [2.24, 2.45) is 0 Å². The molecule has 8 unspecified atom stereocenters. The zero-order valence-corrected chi connectivity index (χ0v) is 47.9. The van der Waals surface area contributed by atoms with E-state index in [1.54, 1.807) is 6.08 Å². The summed E-state index contributed by atoms with van der Waals surface area (Å²) in [5.41, 5.74) is 0. The smallest absolute Gasteiger partial charge is 0.306 e. The minimum absolute atomic E-state index is 0.115. The molecule has 0 spiro atoms. The molecule has 0 aromatic heterocycles. The second-order valence-electron chi connectivity index (χ2n) is 21.1. The van der Waals surface area contributed by atoms with E-state index in [4.69, 9.17) is 14.2 Å². The molecule has 1 fully saturated rings. The summed E-state index contributed by atoms with van der Waals surface area (Å²) in [7, 11) is 0. The number of carbonyl (C=O) groups is 2. The Kier molecular flexibility index (Phi) is 48.5. The van der Waals surface area contributed by atoms with Crippen LogP contribution in [-0.2, 0) is 23.8 Å². The third-order valence-electron chi connectivity index (χ3n) is 14.2. The predicted octanol–water partition coefficient (Wildman–Crippen LogP) is 14.4. The van der Waals surface area contributed by atoms with E-state index in [9.17, 15) is 35.1 Å². The number of hydrogen-bond acceptors (Lipinski definition) is 10. The van der Waals surface area contributed by atoms with Crippen LogP contribution in [0.1, 0.15) is 258 Å². The molecule has 0 aromatic carbocycles. The summed E-state index contributed by atoms with van der Waals surface area (Å²) >= 11 is 0. The zero-order chi connectivity index (χ0) is 54.7. The maximum absolute atomic E-state index is 13.4. The van der Waals surface area contributed by atoms with E-state index in [-0.39, 0.29) is 19.4 Å². The van der Waals surface area contributed by atoms with Crippen LogP contribution in [-0.4, -0.2) is 99.6 Å². The van der Waals surface area contributed by atoms with E-state index in [1.807, 2.05) is 18.2 Å². The number of carbonyl (C=O) groups excluding carboxylic acids is 2. The summed E-state index contributed by atoms with van der Waals surface area (Å²) in [5, 5.41) is 56.9. The molecule has 1 aliphatic heterocycles. The molecule has 0 aromatic rings. The summed E-state index contributed by atoms with van der Waals surface area (Å²) in [4.78, 5) is 26.5. The van der Waals surface area contributed by atoms with Crippen molar-refractivity contribution in [3.63, 3.8) is 0 Å². The molecule has 0 saturated carbocycles. The Morgan fingerprint density at radius 3 is 1.56 bits per heavy atom. The molecule has 434 valence electrons. The van der Waals surface area contributed by atoms with Crippen LogP contribution in [0.3, 0.4) is 0 Å². The Balaban J connectivity index is 2.69. The quantitative estimate of drug-likeness (QED) is 0.0149. The van der Waals surface area contributed by atoms with Crippen LogP contribution in [0.2, 0.25) is 0 Å². The topological polar surface area (TPSA) is 175 Å². The molecule has 1 heterocycles. The molecule has 0 aliphatic carbocycles.